The minimum atomic E-state index is -0.103. The van der Waals surface area contributed by atoms with Crippen molar-refractivity contribution in [1.82, 2.24) is 15.0 Å². The Morgan fingerprint density at radius 2 is 1.93 bits per heavy atom. The largest absolute Gasteiger partial charge is 0.339 e. The molecule has 0 aliphatic rings. The van der Waals surface area contributed by atoms with E-state index in [1.165, 1.54) is 0 Å². The number of rotatable bonds is 7. The molecule has 0 unspecified atom stereocenters. The second-order valence-corrected chi connectivity index (χ2v) is 7.74. The van der Waals surface area contributed by atoms with Crippen molar-refractivity contribution in [3.8, 4) is 11.4 Å². The molecule has 5 nitrogen and oxygen atoms in total. The van der Waals surface area contributed by atoms with Gasteiger partial charge in [0.2, 0.25) is 11.7 Å². The predicted octanol–water partition coefficient (Wildman–Crippen LogP) is 5.38. The molecule has 146 valence electrons. The van der Waals surface area contributed by atoms with Crippen LogP contribution in [0.15, 0.2) is 53.1 Å². The zero-order chi connectivity index (χ0) is 20.1. The Kier molecular flexibility index (Phi) is 6.70. The predicted molar refractivity (Wildman–Crippen MR) is 111 cm³/mol. The zero-order valence-electron chi connectivity index (χ0n) is 15.7. The summed E-state index contributed by atoms with van der Waals surface area (Å²) in [6.07, 6.45) is 0.455. The normalized spacial score (nSPS) is 11.0. The number of benzene rings is 2. The van der Waals surface area contributed by atoms with Crippen LogP contribution in [0.1, 0.15) is 30.1 Å². The highest BCUT2D eigenvalue weighted by atomic mass is 35.5. The molecule has 0 saturated carbocycles. The van der Waals surface area contributed by atoms with Crippen LogP contribution in [0.3, 0.4) is 0 Å². The molecule has 3 rings (SSSR count). The maximum absolute atomic E-state index is 12.9. The van der Waals surface area contributed by atoms with Crippen LogP contribution in [0.4, 0.5) is 0 Å². The number of carbonyl (C=O) groups is 1. The van der Waals surface area contributed by atoms with Gasteiger partial charge >= 0.3 is 0 Å². The minimum absolute atomic E-state index is 0.103. The van der Waals surface area contributed by atoms with E-state index >= 15 is 0 Å². The van der Waals surface area contributed by atoms with Crippen molar-refractivity contribution in [3.63, 3.8) is 0 Å². The van der Waals surface area contributed by atoms with Crippen molar-refractivity contribution in [1.29, 1.82) is 0 Å². The van der Waals surface area contributed by atoms with Crippen LogP contribution in [0.2, 0.25) is 10.0 Å². The molecule has 0 spiro atoms. The van der Waals surface area contributed by atoms with Crippen molar-refractivity contribution in [2.24, 2.45) is 5.92 Å². The lowest BCUT2D eigenvalue weighted by Crippen LogP contribution is -2.36. The summed E-state index contributed by atoms with van der Waals surface area (Å²) in [7, 11) is 0. The molecule has 28 heavy (non-hydrogen) atoms. The maximum atomic E-state index is 12.9. The van der Waals surface area contributed by atoms with Crippen molar-refractivity contribution in [2.75, 3.05) is 13.1 Å². The summed E-state index contributed by atoms with van der Waals surface area (Å²) in [6, 6.07) is 14.3. The fraction of sp³-hybridized carbons (Fsp3) is 0.286. The Balaban J connectivity index is 1.72. The van der Waals surface area contributed by atoms with Gasteiger partial charge in [0.05, 0.1) is 10.6 Å². The van der Waals surface area contributed by atoms with E-state index in [2.05, 4.69) is 24.0 Å². The summed E-state index contributed by atoms with van der Waals surface area (Å²) < 4.78 is 5.36. The summed E-state index contributed by atoms with van der Waals surface area (Å²) >= 11 is 12.2. The number of carbonyl (C=O) groups excluding carboxylic acids is 1. The van der Waals surface area contributed by atoms with Gasteiger partial charge in [-0.3, -0.25) is 4.79 Å². The highest BCUT2D eigenvalue weighted by Crippen LogP contribution is 2.21. The topological polar surface area (TPSA) is 59.2 Å². The van der Waals surface area contributed by atoms with Gasteiger partial charge in [0, 0.05) is 30.1 Å². The van der Waals surface area contributed by atoms with E-state index in [1.807, 2.05) is 24.3 Å². The van der Waals surface area contributed by atoms with Crippen molar-refractivity contribution in [3.05, 3.63) is 70.0 Å². The summed E-state index contributed by atoms with van der Waals surface area (Å²) in [4.78, 5) is 19.1. The molecule has 0 fully saturated rings. The fourth-order valence-corrected chi connectivity index (χ4v) is 3.26. The summed E-state index contributed by atoms with van der Waals surface area (Å²) in [5.41, 5.74) is 1.28. The van der Waals surface area contributed by atoms with Gasteiger partial charge in [-0.05, 0) is 30.2 Å². The first-order valence-corrected chi connectivity index (χ1v) is 9.82. The molecule has 3 aromatic rings. The van der Waals surface area contributed by atoms with E-state index in [-0.39, 0.29) is 5.91 Å². The Labute approximate surface area is 174 Å². The number of nitrogens with zero attached hydrogens (tertiary/aromatic N) is 3. The second kappa shape index (κ2) is 9.22. The Morgan fingerprint density at radius 1 is 1.14 bits per heavy atom. The average molecular weight is 418 g/mol. The Hall–Kier alpha value is -2.37. The minimum Gasteiger partial charge on any atom is -0.339 e. The van der Waals surface area contributed by atoms with Crippen molar-refractivity contribution < 1.29 is 9.32 Å². The first-order valence-electron chi connectivity index (χ1n) is 9.06. The third-order valence-electron chi connectivity index (χ3n) is 4.12. The van der Waals surface area contributed by atoms with Crippen molar-refractivity contribution >= 4 is 29.1 Å². The van der Waals surface area contributed by atoms with Gasteiger partial charge in [0.25, 0.3) is 5.91 Å². The molecule has 0 atom stereocenters. The lowest BCUT2D eigenvalue weighted by atomic mass is 10.1. The highest BCUT2D eigenvalue weighted by Gasteiger charge is 2.20. The summed E-state index contributed by atoms with van der Waals surface area (Å²) in [6.45, 7) is 5.20. The van der Waals surface area contributed by atoms with Gasteiger partial charge in [0.1, 0.15) is 0 Å². The van der Waals surface area contributed by atoms with Crippen LogP contribution < -0.4 is 0 Å². The standard InChI is InChI=1S/C21H21Cl2N3O2/c1-14(2)13-26(21(27)17-8-3-4-9-18(17)23)11-10-19-24-20(25-28-19)15-6-5-7-16(22)12-15/h3-9,12,14H,10-11,13H2,1-2H3. The average Bonchev–Trinajstić information content (AvgIpc) is 3.14. The van der Waals surface area contributed by atoms with Gasteiger partial charge in [-0.15, -0.1) is 0 Å². The van der Waals surface area contributed by atoms with E-state index in [0.29, 0.717) is 52.8 Å². The van der Waals surface area contributed by atoms with E-state index in [9.17, 15) is 4.79 Å². The quantitative estimate of drug-likeness (QED) is 0.517. The molecular formula is C21H21Cl2N3O2. The van der Waals surface area contributed by atoms with E-state index < -0.39 is 0 Å². The first kappa shape index (κ1) is 20.4. The van der Waals surface area contributed by atoms with Gasteiger partial charge in [-0.1, -0.05) is 66.5 Å². The second-order valence-electron chi connectivity index (χ2n) is 6.90. The van der Waals surface area contributed by atoms with E-state index in [0.717, 1.165) is 5.56 Å². The molecule has 0 radical (unpaired) electrons. The number of amides is 1. The first-order chi connectivity index (χ1) is 13.4. The maximum Gasteiger partial charge on any atom is 0.255 e. The molecule has 1 amide bonds. The monoisotopic (exact) mass is 417 g/mol. The van der Waals surface area contributed by atoms with E-state index in [1.54, 1.807) is 29.2 Å². The summed E-state index contributed by atoms with van der Waals surface area (Å²) in [5, 5.41) is 5.07. The third-order valence-corrected chi connectivity index (χ3v) is 4.69. The highest BCUT2D eigenvalue weighted by molar-refractivity contribution is 6.33. The molecule has 0 N–H and O–H groups in total. The van der Waals surface area contributed by atoms with Crippen LogP contribution in [-0.2, 0) is 6.42 Å². The van der Waals surface area contributed by atoms with Gasteiger partial charge in [-0.2, -0.15) is 4.98 Å². The molecule has 7 heteroatoms. The number of hydrogen-bond donors (Lipinski definition) is 0. The van der Waals surface area contributed by atoms with Gasteiger partial charge in [-0.25, -0.2) is 0 Å². The zero-order valence-corrected chi connectivity index (χ0v) is 17.2. The Bertz CT molecular complexity index is 956. The van der Waals surface area contributed by atoms with Crippen LogP contribution in [0.25, 0.3) is 11.4 Å². The molecule has 0 bridgehead atoms. The molecule has 0 aliphatic heterocycles. The van der Waals surface area contributed by atoms with Crippen LogP contribution >= 0.6 is 23.2 Å². The van der Waals surface area contributed by atoms with E-state index in [4.69, 9.17) is 27.7 Å². The fourth-order valence-electron chi connectivity index (χ4n) is 2.85. The van der Waals surface area contributed by atoms with Crippen LogP contribution in [0.5, 0.6) is 0 Å². The summed E-state index contributed by atoms with van der Waals surface area (Å²) in [5.74, 6) is 1.16. The number of hydrogen-bond acceptors (Lipinski definition) is 4. The SMILES string of the molecule is CC(C)CN(CCc1nc(-c2cccc(Cl)c2)no1)C(=O)c1ccccc1Cl. The van der Waals surface area contributed by atoms with Crippen molar-refractivity contribution in [2.45, 2.75) is 20.3 Å². The van der Waals surface area contributed by atoms with Crippen LogP contribution in [-0.4, -0.2) is 34.0 Å². The molecule has 0 aliphatic carbocycles. The number of aromatic nitrogens is 2. The van der Waals surface area contributed by atoms with Gasteiger partial charge in [0.15, 0.2) is 0 Å². The smallest absolute Gasteiger partial charge is 0.255 e. The lowest BCUT2D eigenvalue weighted by Gasteiger charge is -2.24. The Morgan fingerprint density at radius 3 is 2.64 bits per heavy atom. The lowest BCUT2D eigenvalue weighted by molar-refractivity contribution is 0.0735. The molecular weight excluding hydrogens is 397 g/mol. The van der Waals surface area contributed by atoms with Crippen LogP contribution in [0, 0.1) is 5.92 Å². The number of halogens is 2. The molecule has 1 aromatic heterocycles. The molecule has 2 aromatic carbocycles. The third kappa shape index (κ3) is 5.12. The van der Waals surface area contributed by atoms with Gasteiger partial charge < -0.3 is 9.42 Å². The molecule has 1 heterocycles. The molecule has 0 saturated heterocycles.